The highest BCUT2D eigenvalue weighted by Crippen LogP contribution is 2.25. The maximum atomic E-state index is 5.40. The second kappa shape index (κ2) is 5.64. The summed E-state index contributed by atoms with van der Waals surface area (Å²) in [4.78, 5) is 4.42. The van der Waals surface area contributed by atoms with E-state index in [-0.39, 0.29) is 0 Å². The number of rotatable bonds is 5. The minimum Gasteiger partial charge on any atom is -0.384 e. The van der Waals surface area contributed by atoms with Crippen molar-refractivity contribution in [1.29, 1.82) is 0 Å². The lowest BCUT2D eigenvalue weighted by Crippen LogP contribution is -1.97. The molecule has 2 aromatic rings. The summed E-state index contributed by atoms with van der Waals surface area (Å²) in [6.45, 7) is 2.06. The fourth-order valence-electron chi connectivity index (χ4n) is 1.97. The molecule has 0 fully saturated rings. The first kappa shape index (κ1) is 12.5. The Morgan fingerprint density at radius 3 is 3.16 bits per heavy atom. The summed E-state index contributed by atoms with van der Waals surface area (Å²) in [6, 6.07) is 6.25. The van der Waals surface area contributed by atoms with Crippen LogP contribution in [0.2, 0.25) is 0 Å². The molecule has 1 aromatic carbocycles. The lowest BCUT2D eigenvalue weighted by Gasteiger charge is -2.04. The third-order valence-electron chi connectivity index (χ3n) is 2.97. The quantitative estimate of drug-likeness (QED) is 0.910. The van der Waals surface area contributed by atoms with Crippen LogP contribution >= 0.6 is 11.5 Å². The second-order valence-corrected chi connectivity index (χ2v) is 5.11. The number of fused-ring (bicyclic) bond motifs is 1. The second-order valence-electron chi connectivity index (χ2n) is 4.36. The van der Waals surface area contributed by atoms with Gasteiger partial charge in [-0.15, -0.1) is 0 Å². The van der Waals surface area contributed by atoms with Crippen molar-refractivity contribution in [3.05, 3.63) is 35.2 Å². The van der Waals surface area contributed by atoms with Gasteiger partial charge in [-0.1, -0.05) is 6.07 Å². The van der Waals surface area contributed by atoms with Crippen LogP contribution in [0.3, 0.4) is 0 Å². The average molecular weight is 277 g/mol. The summed E-state index contributed by atoms with van der Waals surface area (Å²) in [5.41, 5.74) is 3.54. The van der Waals surface area contributed by atoms with Crippen molar-refractivity contribution in [3.8, 4) is 0 Å². The van der Waals surface area contributed by atoms with E-state index in [9.17, 15) is 0 Å². The van der Waals surface area contributed by atoms with Crippen LogP contribution in [-0.2, 0) is 29.1 Å². The van der Waals surface area contributed by atoms with Gasteiger partial charge in [0.15, 0.2) is 0 Å². The molecular weight excluding hydrogens is 262 g/mol. The van der Waals surface area contributed by atoms with Crippen LogP contribution in [0.5, 0.6) is 0 Å². The van der Waals surface area contributed by atoms with Crippen molar-refractivity contribution in [3.63, 3.8) is 0 Å². The van der Waals surface area contributed by atoms with Crippen molar-refractivity contribution in [1.82, 2.24) is 9.36 Å². The number of anilines is 2. The Morgan fingerprint density at radius 1 is 1.37 bits per heavy atom. The molecule has 1 N–H and O–H groups in total. The first-order valence-electron chi connectivity index (χ1n) is 6.13. The van der Waals surface area contributed by atoms with Crippen molar-refractivity contribution in [2.45, 2.75) is 19.6 Å². The van der Waals surface area contributed by atoms with Gasteiger partial charge in [0.05, 0.1) is 19.8 Å². The van der Waals surface area contributed by atoms with Gasteiger partial charge in [0.25, 0.3) is 0 Å². The normalized spacial score (nSPS) is 13.5. The summed E-state index contributed by atoms with van der Waals surface area (Å²) in [7, 11) is 1.68. The Hall–Kier alpha value is -1.50. The number of hydrogen-bond acceptors (Lipinski definition) is 6. The van der Waals surface area contributed by atoms with Crippen molar-refractivity contribution in [2.24, 2.45) is 0 Å². The van der Waals surface area contributed by atoms with Crippen LogP contribution in [0.25, 0.3) is 0 Å². The van der Waals surface area contributed by atoms with Gasteiger partial charge in [-0.3, -0.25) is 0 Å². The first-order valence-corrected chi connectivity index (χ1v) is 6.90. The van der Waals surface area contributed by atoms with Crippen LogP contribution in [0.1, 0.15) is 17.0 Å². The molecule has 1 aliphatic heterocycles. The van der Waals surface area contributed by atoms with Gasteiger partial charge in [0.1, 0.15) is 5.82 Å². The standard InChI is InChI=1S/C13H15N3O2S/c1-17-5-4-12-15-13(19-16-12)14-11-3-2-9-7-18-8-10(9)6-11/h2-3,6H,4-5,7-8H2,1H3,(H,14,15,16). The number of aromatic nitrogens is 2. The van der Waals surface area contributed by atoms with E-state index < -0.39 is 0 Å². The van der Waals surface area contributed by atoms with Gasteiger partial charge in [-0.05, 0) is 23.3 Å². The zero-order valence-electron chi connectivity index (χ0n) is 10.7. The molecular formula is C13H15N3O2S. The maximum Gasteiger partial charge on any atom is 0.207 e. The molecule has 0 spiro atoms. The zero-order valence-corrected chi connectivity index (χ0v) is 11.5. The zero-order chi connectivity index (χ0) is 13.1. The van der Waals surface area contributed by atoms with Crippen LogP contribution in [-0.4, -0.2) is 23.1 Å². The molecule has 3 rings (SSSR count). The molecule has 100 valence electrons. The van der Waals surface area contributed by atoms with Gasteiger partial charge in [0.2, 0.25) is 5.13 Å². The molecule has 0 saturated heterocycles. The van der Waals surface area contributed by atoms with Gasteiger partial charge in [0, 0.05) is 30.8 Å². The summed E-state index contributed by atoms with van der Waals surface area (Å²) in [5.74, 6) is 0.818. The topological polar surface area (TPSA) is 56.3 Å². The highest BCUT2D eigenvalue weighted by atomic mass is 32.1. The van der Waals surface area contributed by atoms with Crippen LogP contribution < -0.4 is 5.32 Å². The van der Waals surface area contributed by atoms with Crippen molar-refractivity contribution < 1.29 is 9.47 Å². The maximum absolute atomic E-state index is 5.40. The molecule has 5 nitrogen and oxygen atoms in total. The van der Waals surface area contributed by atoms with Crippen LogP contribution in [0.4, 0.5) is 10.8 Å². The molecule has 6 heteroatoms. The van der Waals surface area contributed by atoms with Gasteiger partial charge in [-0.2, -0.15) is 4.37 Å². The van der Waals surface area contributed by atoms with E-state index in [0.29, 0.717) is 13.2 Å². The van der Waals surface area contributed by atoms with E-state index in [4.69, 9.17) is 9.47 Å². The van der Waals surface area contributed by atoms with E-state index in [1.54, 1.807) is 7.11 Å². The molecule has 0 aliphatic carbocycles. The van der Waals surface area contributed by atoms with E-state index in [1.807, 2.05) is 6.07 Å². The summed E-state index contributed by atoms with van der Waals surface area (Å²) >= 11 is 1.37. The molecule has 19 heavy (non-hydrogen) atoms. The Balaban J connectivity index is 1.69. The molecule has 1 aliphatic rings. The fourth-order valence-corrected chi connectivity index (χ4v) is 2.61. The predicted molar refractivity (Wildman–Crippen MR) is 73.7 cm³/mol. The van der Waals surface area contributed by atoms with Crippen molar-refractivity contribution >= 4 is 22.4 Å². The minimum atomic E-state index is 0.645. The number of benzene rings is 1. The number of nitrogens with one attached hydrogen (secondary N) is 1. The summed E-state index contributed by atoms with van der Waals surface area (Å²) in [5, 5.41) is 4.09. The first-order chi connectivity index (χ1) is 9.35. The number of methoxy groups -OCH3 is 1. The lowest BCUT2D eigenvalue weighted by molar-refractivity contribution is 0.134. The van der Waals surface area contributed by atoms with Crippen molar-refractivity contribution in [2.75, 3.05) is 19.0 Å². The Morgan fingerprint density at radius 2 is 2.26 bits per heavy atom. The Bertz CT molecular complexity index is 571. The van der Waals surface area contributed by atoms with Crippen LogP contribution in [0, 0.1) is 0 Å². The predicted octanol–water partition coefficient (Wildman–Crippen LogP) is 2.50. The summed E-state index contributed by atoms with van der Waals surface area (Å²) < 4.78 is 14.7. The monoisotopic (exact) mass is 277 g/mol. The lowest BCUT2D eigenvalue weighted by atomic mass is 10.1. The smallest absolute Gasteiger partial charge is 0.207 e. The van der Waals surface area contributed by atoms with E-state index >= 15 is 0 Å². The molecule has 2 heterocycles. The molecule has 0 bridgehead atoms. The fraction of sp³-hybridized carbons (Fsp3) is 0.385. The molecule has 0 radical (unpaired) electrons. The molecule has 0 atom stereocenters. The molecule has 0 unspecified atom stereocenters. The van der Waals surface area contributed by atoms with Gasteiger partial charge >= 0.3 is 0 Å². The van der Waals surface area contributed by atoms with E-state index in [1.165, 1.54) is 22.7 Å². The number of hydrogen-bond donors (Lipinski definition) is 1. The third-order valence-corrected chi connectivity index (χ3v) is 3.64. The third kappa shape index (κ3) is 2.91. The Labute approximate surface area is 115 Å². The SMILES string of the molecule is COCCc1nsc(Nc2ccc3c(c2)COC3)n1. The average Bonchev–Trinajstić information content (AvgIpc) is 3.05. The van der Waals surface area contributed by atoms with E-state index in [0.717, 1.165) is 29.7 Å². The number of ether oxygens (including phenoxy) is 2. The molecule has 1 aromatic heterocycles. The highest BCUT2D eigenvalue weighted by molar-refractivity contribution is 7.09. The van der Waals surface area contributed by atoms with Crippen LogP contribution in [0.15, 0.2) is 18.2 Å². The highest BCUT2D eigenvalue weighted by Gasteiger charge is 2.12. The Kier molecular flexibility index (Phi) is 3.72. The largest absolute Gasteiger partial charge is 0.384 e. The van der Waals surface area contributed by atoms with E-state index in [2.05, 4.69) is 26.8 Å². The summed E-state index contributed by atoms with van der Waals surface area (Å²) in [6.07, 6.45) is 0.743. The number of nitrogens with zero attached hydrogens (tertiary/aromatic N) is 2. The van der Waals surface area contributed by atoms with Gasteiger partial charge < -0.3 is 14.8 Å². The minimum absolute atomic E-state index is 0.645. The van der Waals surface area contributed by atoms with Gasteiger partial charge in [-0.25, -0.2) is 4.98 Å². The molecule has 0 amide bonds. The molecule has 0 saturated carbocycles.